The lowest BCUT2D eigenvalue weighted by Crippen LogP contribution is -2.18. The van der Waals surface area contributed by atoms with Crippen molar-refractivity contribution >= 4 is 5.69 Å². The van der Waals surface area contributed by atoms with E-state index in [0.717, 1.165) is 11.1 Å². The lowest BCUT2D eigenvalue weighted by Gasteiger charge is -2.18. The van der Waals surface area contributed by atoms with E-state index in [1.165, 1.54) is 6.07 Å². The highest BCUT2D eigenvalue weighted by Gasteiger charge is 2.14. The van der Waals surface area contributed by atoms with Gasteiger partial charge >= 0.3 is 0 Å². The SMILES string of the molecule is Cc1cc(N)c(F)cc1[C@H](N)C(C)C. The zero-order chi connectivity index (χ0) is 10.9. The highest BCUT2D eigenvalue weighted by molar-refractivity contribution is 5.46. The van der Waals surface area contributed by atoms with E-state index >= 15 is 0 Å². The first-order chi connectivity index (χ1) is 6.43. The van der Waals surface area contributed by atoms with E-state index in [4.69, 9.17) is 11.5 Å². The second-order valence-electron chi connectivity index (χ2n) is 4.00. The minimum Gasteiger partial charge on any atom is -0.396 e. The topological polar surface area (TPSA) is 52.0 Å². The highest BCUT2D eigenvalue weighted by Crippen LogP contribution is 2.25. The Morgan fingerprint density at radius 3 is 2.36 bits per heavy atom. The van der Waals surface area contributed by atoms with Crippen LogP contribution < -0.4 is 11.5 Å². The summed E-state index contributed by atoms with van der Waals surface area (Å²) in [7, 11) is 0. The van der Waals surface area contributed by atoms with Crippen LogP contribution >= 0.6 is 0 Å². The van der Waals surface area contributed by atoms with Gasteiger partial charge in [0.05, 0.1) is 5.69 Å². The molecule has 78 valence electrons. The van der Waals surface area contributed by atoms with Crippen LogP contribution in [-0.4, -0.2) is 0 Å². The summed E-state index contributed by atoms with van der Waals surface area (Å²) in [6, 6.07) is 2.94. The van der Waals surface area contributed by atoms with Gasteiger partial charge in [-0.15, -0.1) is 0 Å². The number of nitrogens with two attached hydrogens (primary N) is 2. The van der Waals surface area contributed by atoms with Gasteiger partial charge in [-0.3, -0.25) is 0 Å². The summed E-state index contributed by atoms with van der Waals surface area (Å²) in [5.74, 6) is -0.0987. The van der Waals surface area contributed by atoms with Crippen molar-refractivity contribution in [3.63, 3.8) is 0 Å². The van der Waals surface area contributed by atoms with Crippen LogP contribution in [0.5, 0.6) is 0 Å². The van der Waals surface area contributed by atoms with Crippen LogP contribution in [0.15, 0.2) is 12.1 Å². The summed E-state index contributed by atoms with van der Waals surface area (Å²) in [4.78, 5) is 0. The fourth-order valence-corrected chi connectivity index (χ4v) is 1.44. The van der Waals surface area contributed by atoms with Gasteiger partial charge in [-0.05, 0) is 36.1 Å². The summed E-state index contributed by atoms with van der Waals surface area (Å²) in [6.07, 6.45) is 0. The van der Waals surface area contributed by atoms with Gasteiger partial charge in [-0.25, -0.2) is 4.39 Å². The van der Waals surface area contributed by atoms with Gasteiger partial charge in [0.15, 0.2) is 0 Å². The maximum atomic E-state index is 13.2. The predicted octanol–water partition coefficient (Wildman–Crippen LogP) is 2.37. The number of nitrogen functional groups attached to an aromatic ring is 1. The molecule has 4 N–H and O–H groups in total. The molecule has 0 bridgehead atoms. The summed E-state index contributed by atoms with van der Waals surface area (Å²) in [5.41, 5.74) is 13.4. The Kier molecular flexibility index (Phi) is 3.11. The molecule has 0 aliphatic heterocycles. The molecular formula is C11H17FN2. The second-order valence-corrected chi connectivity index (χ2v) is 4.00. The number of aryl methyl sites for hydroxylation is 1. The maximum Gasteiger partial charge on any atom is 0.146 e. The molecule has 0 radical (unpaired) electrons. The van der Waals surface area contributed by atoms with E-state index in [1.807, 2.05) is 20.8 Å². The Balaban J connectivity index is 3.15. The van der Waals surface area contributed by atoms with Crippen molar-refractivity contribution in [2.24, 2.45) is 11.7 Å². The molecule has 3 heteroatoms. The van der Waals surface area contributed by atoms with Crippen molar-refractivity contribution in [1.29, 1.82) is 0 Å². The van der Waals surface area contributed by atoms with Crippen molar-refractivity contribution in [3.8, 4) is 0 Å². The fraction of sp³-hybridized carbons (Fsp3) is 0.455. The molecule has 0 aliphatic carbocycles. The van der Waals surface area contributed by atoms with Crippen LogP contribution in [0.1, 0.15) is 31.0 Å². The van der Waals surface area contributed by atoms with Gasteiger partial charge in [0, 0.05) is 6.04 Å². The molecule has 0 saturated heterocycles. The number of hydrogen-bond acceptors (Lipinski definition) is 2. The zero-order valence-corrected chi connectivity index (χ0v) is 8.84. The molecule has 0 aromatic heterocycles. The van der Waals surface area contributed by atoms with Gasteiger partial charge in [0.1, 0.15) is 5.82 Å². The zero-order valence-electron chi connectivity index (χ0n) is 8.84. The second kappa shape index (κ2) is 3.96. The van der Waals surface area contributed by atoms with Gasteiger partial charge in [-0.2, -0.15) is 0 Å². The standard InChI is InChI=1S/C11H17FN2/c1-6(2)11(14)8-5-9(12)10(13)4-7(8)3/h4-6,11H,13-14H2,1-3H3/t11-/m1/s1. The summed E-state index contributed by atoms with van der Waals surface area (Å²) < 4.78 is 13.2. The molecule has 1 rings (SSSR count). The van der Waals surface area contributed by atoms with Gasteiger partial charge in [0.25, 0.3) is 0 Å². The normalized spacial score (nSPS) is 13.3. The average Bonchev–Trinajstić information content (AvgIpc) is 2.10. The number of hydrogen-bond donors (Lipinski definition) is 2. The van der Waals surface area contributed by atoms with E-state index in [1.54, 1.807) is 6.07 Å². The fourth-order valence-electron chi connectivity index (χ4n) is 1.44. The van der Waals surface area contributed by atoms with Crippen LogP contribution in [0.4, 0.5) is 10.1 Å². The first-order valence-corrected chi connectivity index (χ1v) is 4.74. The molecule has 0 amide bonds. The van der Waals surface area contributed by atoms with Gasteiger partial charge < -0.3 is 11.5 Å². The van der Waals surface area contributed by atoms with Gasteiger partial charge in [0.2, 0.25) is 0 Å². The van der Waals surface area contributed by atoms with Crippen LogP contribution in [0.25, 0.3) is 0 Å². The molecule has 1 atom stereocenters. The third-order valence-electron chi connectivity index (χ3n) is 2.46. The highest BCUT2D eigenvalue weighted by atomic mass is 19.1. The first-order valence-electron chi connectivity index (χ1n) is 4.74. The number of anilines is 1. The molecule has 0 heterocycles. The molecule has 1 aromatic carbocycles. The number of halogens is 1. The lowest BCUT2D eigenvalue weighted by molar-refractivity contribution is 0.508. The molecule has 14 heavy (non-hydrogen) atoms. The van der Waals surface area contributed by atoms with E-state index in [9.17, 15) is 4.39 Å². The minimum atomic E-state index is -0.387. The van der Waals surface area contributed by atoms with Crippen LogP contribution in [0, 0.1) is 18.7 Å². The van der Waals surface area contributed by atoms with Crippen molar-refractivity contribution in [2.45, 2.75) is 26.8 Å². The van der Waals surface area contributed by atoms with Crippen LogP contribution in [0.2, 0.25) is 0 Å². The van der Waals surface area contributed by atoms with E-state index < -0.39 is 0 Å². The lowest BCUT2D eigenvalue weighted by atomic mass is 9.93. The summed E-state index contributed by atoms with van der Waals surface area (Å²) in [6.45, 7) is 5.92. The minimum absolute atomic E-state index is 0.134. The molecule has 0 fully saturated rings. The van der Waals surface area contributed by atoms with Crippen LogP contribution in [-0.2, 0) is 0 Å². The number of benzene rings is 1. The molecule has 0 unspecified atom stereocenters. The van der Waals surface area contributed by atoms with E-state index in [0.29, 0.717) is 0 Å². The first kappa shape index (κ1) is 11.0. The third kappa shape index (κ3) is 2.04. The quantitative estimate of drug-likeness (QED) is 0.713. The summed E-state index contributed by atoms with van der Waals surface area (Å²) in [5, 5.41) is 0. The Hall–Kier alpha value is -1.09. The number of rotatable bonds is 2. The smallest absolute Gasteiger partial charge is 0.146 e. The summed E-state index contributed by atoms with van der Waals surface area (Å²) >= 11 is 0. The van der Waals surface area contributed by atoms with Crippen molar-refractivity contribution < 1.29 is 4.39 Å². The Labute approximate surface area is 84.1 Å². The Morgan fingerprint density at radius 1 is 1.29 bits per heavy atom. The molecule has 0 spiro atoms. The Bertz CT molecular complexity index is 334. The average molecular weight is 196 g/mol. The third-order valence-corrected chi connectivity index (χ3v) is 2.46. The van der Waals surface area contributed by atoms with Crippen LogP contribution in [0.3, 0.4) is 0 Å². The molecule has 2 nitrogen and oxygen atoms in total. The molecular weight excluding hydrogens is 179 g/mol. The molecule has 0 aliphatic rings. The van der Waals surface area contributed by atoms with Crippen molar-refractivity contribution in [3.05, 3.63) is 29.1 Å². The van der Waals surface area contributed by atoms with E-state index in [2.05, 4.69) is 0 Å². The maximum absolute atomic E-state index is 13.2. The van der Waals surface area contributed by atoms with Crippen molar-refractivity contribution in [1.82, 2.24) is 0 Å². The molecule has 0 saturated carbocycles. The van der Waals surface area contributed by atoms with Gasteiger partial charge in [-0.1, -0.05) is 13.8 Å². The largest absolute Gasteiger partial charge is 0.396 e. The predicted molar refractivity (Wildman–Crippen MR) is 57.3 cm³/mol. The molecule has 1 aromatic rings. The van der Waals surface area contributed by atoms with E-state index in [-0.39, 0.29) is 23.5 Å². The van der Waals surface area contributed by atoms with Crippen molar-refractivity contribution in [2.75, 3.05) is 5.73 Å². The monoisotopic (exact) mass is 196 g/mol. The Morgan fingerprint density at radius 2 is 1.86 bits per heavy atom.